The zero-order chi connectivity index (χ0) is 36.5. The van der Waals surface area contributed by atoms with E-state index >= 15 is 0 Å². The smallest absolute Gasteiger partial charge is 0.408 e. The third-order valence-electron chi connectivity index (χ3n) is 8.01. The second kappa shape index (κ2) is 16.8. The van der Waals surface area contributed by atoms with Crippen molar-refractivity contribution in [2.24, 2.45) is 10.8 Å². The molecule has 1 heterocycles. The predicted molar refractivity (Wildman–Crippen MR) is 189 cm³/mol. The molecule has 0 aliphatic carbocycles. The average Bonchev–Trinajstić information content (AvgIpc) is 3.07. The fraction of sp³-hybridized carbons (Fsp3) is 0.421. The Morgan fingerprint density at radius 3 is 1.60 bits per heavy atom. The highest BCUT2D eigenvalue weighted by molar-refractivity contribution is 5.95. The number of ether oxygens (including phenoxy) is 3. The molecule has 0 bridgehead atoms. The Morgan fingerprint density at radius 1 is 0.680 bits per heavy atom. The molecular formula is C38H48N4O8. The summed E-state index contributed by atoms with van der Waals surface area (Å²) in [6.45, 7) is 10.6. The van der Waals surface area contributed by atoms with Crippen molar-refractivity contribution in [1.29, 1.82) is 0 Å². The number of alkyl carbamates (subject to hydrolysis) is 1. The molecule has 1 saturated heterocycles. The van der Waals surface area contributed by atoms with Crippen molar-refractivity contribution in [1.82, 2.24) is 10.6 Å². The zero-order valence-electron chi connectivity index (χ0n) is 29.4. The van der Waals surface area contributed by atoms with E-state index in [1.54, 1.807) is 48.5 Å². The first-order valence-electron chi connectivity index (χ1n) is 16.6. The van der Waals surface area contributed by atoms with E-state index in [-0.39, 0.29) is 31.6 Å². The van der Waals surface area contributed by atoms with Crippen LogP contribution in [0.25, 0.3) is 0 Å². The number of carbonyl (C=O) groups is 4. The van der Waals surface area contributed by atoms with Crippen molar-refractivity contribution in [3.05, 3.63) is 95.6 Å². The van der Waals surface area contributed by atoms with Crippen LogP contribution < -0.4 is 21.3 Å². The quantitative estimate of drug-likeness (QED) is 0.179. The summed E-state index contributed by atoms with van der Waals surface area (Å²) in [5, 5.41) is 21.4. The summed E-state index contributed by atoms with van der Waals surface area (Å²) >= 11 is 0. The van der Waals surface area contributed by atoms with Crippen LogP contribution in [0.3, 0.4) is 0 Å². The minimum Gasteiger partial charge on any atom is -0.445 e. The molecule has 1 aliphatic heterocycles. The topological polar surface area (TPSA) is 164 Å². The lowest BCUT2D eigenvalue weighted by Gasteiger charge is -2.41. The first-order chi connectivity index (χ1) is 23.6. The van der Waals surface area contributed by atoms with Crippen molar-refractivity contribution >= 4 is 35.2 Å². The van der Waals surface area contributed by atoms with Crippen molar-refractivity contribution in [3.63, 3.8) is 0 Å². The van der Waals surface area contributed by atoms with Gasteiger partial charge in [-0.15, -0.1) is 0 Å². The zero-order valence-corrected chi connectivity index (χ0v) is 29.4. The van der Waals surface area contributed by atoms with Gasteiger partial charge in [0.2, 0.25) is 17.7 Å². The van der Waals surface area contributed by atoms with Crippen LogP contribution in [0, 0.1) is 10.8 Å². The van der Waals surface area contributed by atoms with Crippen LogP contribution in [0.1, 0.15) is 58.2 Å². The van der Waals surface area contributed by atoms with Crippen LogP contribution in [0.5, 0.6) is 0 Å². The molecule has 1 fully saturated rings. The normalized spacial score (nSPS) is 19.2. The highest BCUT2D eigenvalue weighted by Crippen LogP contribution is 2.24. The highest BCUT2D eigenvalue weighted by Gasteiger charge is 2.46. The molecule has 4 atom stereocenters. The Hall–Kier alpha value is -4.78. The molecule has 268 valence electrons. The lowest BCUT2D eigenvalue weighted by molar-refractivity contribution is -0.157. The fourth-order valence-electron chi connectivity index (χ4n) is 4.90. The number of nitrogens with one attached hydrogen (secondary N) is 4. The van der Waals surface area contributed by atoms with Gasteiger partial charge < -0.3 is 40.6 Å². The van der Waals surface area contributed by atoms with E-state index in [0.29, 0.717) is 11.4 Å². The second-order valence-corrected chi connectivity index (χ2v) is 14.3. The average molecular weight is 689 g/mol. The molecule has 50 heavy (non-hydrogen) atoms. The lowest BCUT2D eigenvalue weighted by atomic mass is 9.93. The van der Waals surface area contributed by atoms with E-state index in [9.17, 15) is 24.3 Å². The summed E-state index contributed by atoms with van der Waals surface area (Å²) in [5.41, 5.74) is 2.43. The molecule has 5 N–H and O–H groups in total. The van der Waals surface area contributed by atoms with Gasteiger partial charge in [-0.1, -0.05) is 96.1 Å². The van der Waals surface area contributed by atoms with Gasteiger partial charge >= 0.3 is 6.09 Å². The molecule has 1 aliphatic rings. The Morgan fingerprint density at radius 2 is 1.14 bits per heavy atom. The maximum absolute atomic E-state index is 13.3. The number of amides is 4. The Labute approximate surface area is 293 Å². The molecule has 12 heteroatoms. The Balaban J connectivity index is 1.51. The molecule has 3 aromatic carbocycles. The number of aliphatic hydroxyl groups excluding tert-OH is 1. The van der Waals surface area contributed by atoms with E-state index in [2.05, 4.69) is 21.3 Å². The first-order valence-corrected chi connectivity index (χ1v) is 16.6. The molecular weight excluding hydrogens is 640 g/mol. The van der Waals surface area contributed by atoms with E-state index in [0.717, 1.165) is 16.7 Å². The van der Waals surface area contributed by atoms with Crippen LogP contribution in [0.2, 0.25) is 0 Å². The van der Waals surface area contributed by atoms with Gasteiger partial charge in [0.05, 0.1) is 25.9 Å². The SMILES string of the molecule is CC(C)(C)C(=O)Nc1ccc(CO[C@H]2[C@H](OCc3ccc(NC(=O)C(C)(C)C)cc3)[C@@H](NC(=O)OCc3ccccc3)C(=O)N[C@@H]2CO)cc1. The summed E-state index contributed by atoms with van der Waals surface area (Å²) < 4.78 is 18.0. The predicted octanol–water partition coefficient (Wildman–Crippen LogP) is 4.91. The number of hydrogen-bond acceptors (Lipinski definition) is 8. The first kappa shape index (κ1) is 38.0. The van der Waals surface area contributed by atoms with Gasteiger partial charge in [0, 0.05) is 22.2 Å². The van der Waals surface area contributed by atoms with E-state index in [4.69, 9.17) is 14.2 Å². The molecule has 12 nitrogen and oxygen atoms in total. The van der Waals surface area contributed by atoms with E-state index in [1.165, 1.54) is 0 Å². The maximum atomic E-state index is 13.3. The summed E-state index contributed by atoms with van der Waals surface area (Å²) in [7, 11) is 0. The highest BCUT2D eigenvalue weighted by atomic mass is 16.6. The van der Waals surface area contributed by atoms with Crippen LogP contribution >= 0.6 is 0 Å². The molecule has 0 spiro atoms. The van der Waals surface area contributed by atoms with Gasteiger partial charge in [-0.3, -0.25) is 14.4 Å². The third kappa shape index (κ3) is 10.9. The van der Waals surface area contributed by atoms with Crippen LogP contribution in [-0.2, 0) is 48.4 Å². The number of carbonyl (C=O) groups excluding carboxylic acids is 4. The number of piperidine rings is 1. The van der Waals surface area contributed by atoms with E-state index < -0.39 is 53.7 Å². The van der Waals surface area contributed by atoms with Gasteiger partial charge in [-0.2, -0.15) is 0 Å². The molecule has 3 aromatic rings. The Kier molecular flexibility index (Phi) is 12.7. The van der Waals surface area contributed by atoms with Crippen molar-refractivity contribution < 1.29 is 38.5 Å². The van der Waals surface area contributed by atoms with Crippen LogP contribution in [0.4, 0.5) is 16.2 Å². The molecule has 0 radical (unpaired) electrons. The largest absolute Gasteiger partial charge is 0.445 e. The number of hydrogen-bond donors (Lipinski definition) is 5. The Bertz CT molecular complexity index is 1600. The summed E-state index contributed by atoms with van der Waals surface area (Å²) in [4.78, 5) is 51.1. The van der Waals surface area contributed by atoms with Gasteiger partial charge in [-0.05, 0) is 41.0 Å². The van der Waals surface area contributed by atoms with Gasteiger partial charge in [0.1, 0.15) is 24.9 Å². The van der Waals surface area contributed by atoms with Gasteiger partial charge in [0.25, 0.3) is 0 Å². The molecule has 4 rings (SSSR count). The molecule has 0 saturated carbocycles. The van der Waals surface area contributed by atoms with Crippen molar-refractivity contribution in [3.8, 4) is 0 Å². The van der Waals surface area contributed by atoms with Crippen molar-refractivity contribution in [2.75, 3.05) is 17.2 Å². The van der Waals surface area contributed by atoms with Gasteiger partial charge in [-0.25, -0.2) is 4.79 Å². The standard InChI is InChI=1S/C38H48N4O8/c1-37(2,3)34(45)39-27-16-12-25(13-17-27)21-48-31-29(20-43)41-33(44)30(42-36(47)50-23-24-10-8-7-9-11-24)32(31)49-22-26-14-18-28(19-15-26)40-35(46)38(4,5)6/h7-19,29-32,43H,20-23H2,1-6H3,(H,39,45)(H,40,46)(H,41,44)(H,42,47)/t29-,30-,31-,32-/m1/s1. The monoisotopic (exact) mass is 688 g/mol. The van der Waals surface area contributed by atoms with Gasteiger partial charge in [0.15, 0.2) is 0 Å². The van der Waals surface area contributed by atoms with Crippen LogP contribution in [-0.4, -0.2) is 59.8 Å². The maximum Gasteiger partial charge on any atom is 0.408 e. The lowest BCUT2D eigenvalue weighted by Crippen LogP contribution is -2.69. The minimum absolute atomic E-state index is 0.00394. The number of anilines is 2. The molecule has 4 amide bonds. The summed E-state index contributed by atoms with van der Waals surface area (Å²) in [6, 6.07) is 21.3. The molecule has 0 aromatic heterocycles. The summed E-state index contributed by atoms with van der Waals surface area (Å²) in [5.74, 6) is -0.803. The minimum atomic E-state index is -1.22. The number of benzene rings is 3. The fourth-order valence-corrected chi connectivity index (χ4v) is 4.90. The van der Waals surface area contributed by atoms with Crippen molar-refractivity contribution in [2.45, 2.75) is 85.7 Å². The summed E-state index contributed by atoms with van der Waals surface area (Å²) in [6.07, 6.45) is -2.74. The van der Waals surface area contributed by atoms with Crippen LogP contribution in [0.15, 0.2) is 78.9 Å². The number of rotatable bonds is 12. The number of aliphatic hydroxyl groups is 1. The molecule has 0 unspecified atom stereocenters. The van der Waals surface area contributed by atoms with E-state index in [1.807, 2.05) is 71.9 Å². The second-order valence-electron chi connectivity index (χ2n) is 14.3. The third-order valence-corrected chi connectivity index (χ3v) is 8.01.